The number of hydrogen-bond donors (Lipinski definition) is 1. The molecule has 0 aromatic carbocycles. The molecular formula is C11H14N2. The Balaban J connectivity index is 2.57. The lowest BCUT2D eigenvalue weighted by Crippen LogP contribution is -2.16. The van der Waals surface area contributed by atoms with Crippen LogP contribution in [0, 0.1) is 11.8 Å². The molecule has 0 aliphatic heterocycles. The van der Waals surface area contributed by atoms with Crippen LogP contribution in [0.1, 0.15) is 25.3 Å². The number of pyridine rings is 1. The standard InChI is InChI=1S/C11H14N2/c1-2-4-11(12)7-6-10-5-3-8-13-9-10/h3,5,8-9,11H,2,4,12H2,1H3. The normalized spacial score (nSPS) is 11.5. The number of nitrogens with two attached hydrogens (primary N) is 1. The van der Waals surface area contributed by atoms with Gasteiger partial charge in [0.25, 0.3) is 0 Å². The van der Waals surface area contributed by atoms with E-state index in [9.17, 15) is 0 Å². The van der Waals surface area contributed by atoms with E-state index in [1.54, 1.807) is 12.4 Å². The van der Waals surface area contributed by atoms with E-state index in [0.717, 1.165) is 18.4 Å². The summed E-state index contributed by atoms with van der Waals surface area (Å²) in [5, 5.41) is 0. The fourth-order valence-corrected chi connectivity index (χ4v) is 0.996. The van der Waals surface area contributed by atoms with Crippen molar-refractivity contribution in [1.82, 2.24) is 4.98 Å². The minimum Gasteiger partial charge on any atom is -0.318 e. The Labute approximate surface area is 79.2 Å². The van der Waals surface area contributed by atoms with E-state index in [1.807, 2.05) is 12.1 Å². The minimum absolute atomic E-state index is 0.00907. The monoisotopic (exact) mass is 174 g/mol. The maximum Gasteiger partial charge on any atom is 0.0668 e. The van der Waals surface area contributed by atoms with Crippen molar-refractivity contribution in [3.05, 3.63) is 30.1 Å². The molecule has 0 aliphatic carbocycles. The van der Waals surface area contributed by atoms with E-state index < -0.39 is 0 Å². The Morgan fingerprint density at radius 2 is 2.46 bits per heavy atom. The summed E-state index contributed by atoms with van der Waals surface area (Å²) in [6, 6.07) is 3.79. The summed E-state index contributed by atoms with van der Waals surface area (Å²) < 4.78 is 0. The van der Waals surface area contributed by atoms with Crippen molar-refractivity contribution in [3.8, 4) is 11.8 Å². The van der Waals surface area contributed by atoms with Gasteiger partial charge in [0.1, 0.15) is 0 Å². The lowest BCUT2D eigenvalue weighted by Gasteiger charge is -1.98. The molecule has 1 aromatic rings. The van der Waals surface area contributed by atoms with Crippen molar-refractivity contribution < 1.29 is 0 Å². The molecule has 2 nitrogen and oxygen atoms in total. The number of rotatable bonds is 2. The molecule has 0 saturated heterocycles. The molecule has 0 fully saturated rings. The van der Waals surface area contributed by atoms with Gasteiger partial charge in [0.05, 0.1) is 6.04 Å². The zero-order valence-electron chi connectivity index (χ0n) is 7.83. The van der Waals surface area contributed by atoms with Gasteiger partial charge >= 0.3 is 0 Å². The quantitative estimate of drug-likeness (QED) is 0.691. The Kier molecular flexibility index (Phi) is 4.01. The van der Waals surface area contributed by atoms with Gasteiger partial charge in [0, 0.05) is 18.0 Å². The average Bonchev–Trinajstić information content (AvgIpc) is 2.17. The van der Waals surface area contributed by atoms with Crippen LogP contribution < -0.4 is 5.73 Å². The number of aromatic nitrogens is 1. The van der Waals surface area contributed by atoms with Crippen molar-refractivity contribution in [3.63, 3.8) is 0 Å². The molecule has 2 heteroatoms. The highest BCUT2D eigenvalue weighted by atomic mass is 14.6. The summed E-state index contributed by atoms with van der Waals surface area (Å²) in [5.74, 6) is 5.98. The average molecular weight is 174 g/mol. The second-order valence-electron chi connectivity index (χ2n) is 2.91. The van der Waals surface area contributed by atoms with Gasteiger partial charge in [-0.2, -0.15) is 0 Å². The van der Waals surface area contributed by atoms with Crippen LogP contribution in [0.2, 0.25) is 0 Å². The summed E-state index contributed by atoms with van der Waals surface area (Å²) in [5.41, 5.74) is 6.66. The third kappa shape index (κ3) is 3.73. The van der Waals surface area contributed by atoms with Crippen LogP contribution in [0.15, 0.2) is 24.5 Å². The van der Waals surface area contributed by atoms with E-state index in [0.29, 0.717) is 0 Å². The molecule has 1 rings (SSSR count). The Morgan fingerprint density at radius 3 is 3.08 bits per heavy atom. The molecule has 1 heterocycles. The molecular weight excluding hydrogens is 160 g/mol. The third-order valence-corrected chi connectivity index (χ3v) is 1.66. The van der Waals surface area contributed by atoms with Crippen LogP contribution in [0.5, 0.6) is 0 Å². The van der Waals surface area contributed by atoms with Crippen molar-refractivity contribution >= 4 is 0 Å². The minimum atomic E-state index is -0.00907. The van der Waals surface area contributed by atoms with Gasteiger partial charge < -0.3 is 5.73 Å². The van der Waals surface area contributed by atoms with Crippen LogP contribution in [0.25, 0.3) is 0 Å². The maximum absolute atomic E-state index is 5.74. The van der Waals surface area contributed by atoms with Gasteiger partial charge in [-0.05, 0) is 18.6 Å². The fraction of sp³-hybridized carbons (Fsp3) is 0.364. The molecule has 0 saturated carbocycles. The summed E-state index contributed by atoms with van der Waals surface area (Å²) >= 11 is 0. The second-order valence-corrected chi connectivity index (χ2v) is 2.91. The zero-order chi connectivity index (χ0) is 9.52. The van der Waals surface area contributed by atoms with Gasteiger partial charge in [-0.15, -0.1) is 0 Å². The number of hydrogen-bond acceptors (Lipinski definition) is 2. The lowest BCUT2D eigenvalue weighted by molar-refractivity contribution is 0.720. The Morgan fingerprint density at radius 1 is 1.62 bits per heavy atom. The first-order valence-electron chi connectivity index (χ1n) is 4.50. The van der Waals surface area contributed by atoms with E-state index >= 15 is 0 Å². The highest BCUT2D eigenvalue weighted by Crippen LogP contribution is 1.94. The molecule has 68 valence electrons. The van der Waals surface area contributed by atoms with Crippen molar-refractivity contribution in [2.75, 3.05) is 0 Å². The predicted octanol–water partition coefficient (Wildman–Crippen LogP) is 1.56. The van der Waals surface area contributed by atoms with Crippen LogP contribution in [0.3, 0.4) is 0 Å². The highest BCUT2D eigenvalue weighted by Gasteiger charge is 1.92. The molecule has 0 amide bonds. The summed E-state index contributed by atoms with van der Waals surface area (Å²) in [6.07, 6.45) is 5.50. The van der Waals surface area contributed by atoms with Crippen LogP contribution in [0.4, 0.5) is 0 Å². The molecule has 0 radical (unpaired) electrons. The molecule has 0 aliphatic rings. The van der Waals surface area contributed by atoms with Gasteiger partial charge in [-0.3, -0.25) is 4.98 Å². The van der Waals surface area contributed by atoms with Crippen molar-refractivity contribution in [2.45, 2.75) is 25.8 Å². The summed E-state index contributed by atoms with van der Waals surface area (Å²) in [6.45, 7) is 2.10. The first kappa shape index (κ1) is 9.76. The molecule has 1 atom stereocenters. The fourth-order valence-electron chi connectivity index (χ4n) is 0.996. The number of nitrogens with zero attached hydrogens (tertiary/aromatic N) is 1. The van der Waals surface area contributed by atoms with Crippen LogP contribution in [-0.4, -0.2) is 11.0 Å². The Bertz CT molecular complexity index is 295. The van der Waals surface area contributed by atoms with Crippen molar-refractivity contribution in [2.24, 2.45) is 5.73 Å². The van der Waals surface area contributed by atoms with E-state index in [2.05, 4.69) is 23.7 Å². The second kappa shape index (κ2) is 5.34. The molecule has 13 heavy (non-hydrogen) atoms. The predicted molar refractivity (Wildman–Crippen MR) is 54.0 cm³/mol. The van der Waals surface area contributed by atoms with Gasteiger partial charge in [0.2, 0.25) is 0 Å². The first-order chi connectivity index (χ1) is 6.33. The zero-order valence-corrected chi connectivity index (χ0v) is 7.83. The molecule has 0 spiro atoms. The SMILES string of the molecule is CCCC(N)C#Cc1cccnc1. The van der Waals surface area contributed by atoms with Gasteiger partial charge in [-0.1, -0.05) is 25.2 Å². The summed E-state index contributed by atoms with van der Waals surface area (Å²) in [7, 11) is 0. The first-order valence-corrected chi connectivity index (χ1v) is 4.50. The van der Waals surface area contributed by atoms with E-state index in [1.165, 1.54) is 0 Å². The molecule has 1 aromatic heterocycles. The van der Waals surface area contributed by atoms with Crippen LogP contribution in [-0.2, 0) is 0 Å². The molecule has 0 bridgehead atoms. The Hall–Kier alpha value is -1.33. The lowest BCUT2D eigenvalue weighted by atomic mass is 10.2. The highest BCUT2D eigenvalue weighted by molar-refractivity contribution is 5.32. The summed E-state index contributed by atoms with van der Waals surface area (Å²) in [4.78, 5) is 3.97. The van der Waals surface area contributed by atoms with Gasteiger partial charge in [-0.25, -0.2) is 0 Å². The van der Waals surface area contributed by atoms with E-state index in [4.69, 9.17) is 5.73 Å². The van der Waals surface area contributed by atoms with Crippen LogP contribution >= 0.6 is 0 Å². The maximum atomic E-state index is 5.74. The topological polar surface area (TPSA) is 38.9 Å². The smallest absolute Gasteiger partial charge is 0.0668 e. The molecule has 2 N–H and O–H groups in total. The molecule has 1 unspecified atom stereocenters. The third-order valence-electron chi connectivity index (χ3n) is 1.66. The van der Waals surface area contributed by atoms with Gasteiger partial charge in [0.15, 0.2) is 0 Å². The largest absolute Gasteiger partial charge is 0.318 e. The van der Waals surface area contributed by atoms with E-state index in [-0.39, 0.29) is 6.04 Å². The van der Waals surface area contributed by atoms with Crippen molar-refractivity contribution in [1.29, 1.82) is 0 Å².